The third-order valence-electron chi connectivity index (χ3n) is 4.34. The fraction of sp³-hybridized carbons (Fsp3) is 0.667. The van der Waals surface area contributed by atoms with Gasteiger partial charge in [0.25, 0.3) is 0 Å². The lowest BCUT2D eigenvalue weighted by atomic mass is 10.0. The summed E-state index contributed by atoms with van der Waals surface area (Å²) in [4.78, 5) is 2.54. The Morgan fingerprint density at radius 3 is 2.65 bits per heavy atom. The van der Waals surface area contributed by atoms with E-state index in [1.54, 1.807) is 0 Å². The summed E-state index contributed by atoms with van der Waals surface area (Å²) < 4.78 is 0. The summed E-state index contributed by atoms with van der Waals surface area (Å²) in [7, 11) is 0. The van der Waals surface area contributed by atoms with Crippen LogP contribution in [0.25, 0.3) is 0 Å². The molecule has 1 fully saturated rings. The summed E-state index contributed by atoms with van der Waals surface area (Å²) in [5.41, 5.74) is 4.24. The number of rotatable bonds is 8. The molecule has 1 atom stereocenters. The number of benzene rings is 1. The summed E-state index contributed by atoms with van der Waals surface area (Å²) in [6.45, 7) is 12.3. The molecule has 2 nitrogen and oxygen atoms in total. The molecule has 1 aliphatic rings. The van der Waals surface area contributed by atoms with Gasteiger partial charge in [0.15, 0.2) is 0 Å². The van der Waals surface area contributed by atoms with E-state index >= 15 is 0 Å². The van der Waals surface area contributed by atoms with Gasteiger partial charge in [0, 0.05) is 31.4 Å². The van der Waals surface area contributed by atoms with E-state index in [9.17, 15) is 0 Å². The Kier molecular flexibility index (Phi) is 5.47. The monoisotopic (exact) mass is 274 g/mol. The fourth-order valence-corrected chi connectivity index (χ4v) is 2.61. The highest BCUT2D eigenvalue weighted by atomic mass is 15.1. The first kappa shape index (κ1) is 15.4. The highest BCUT2D eigenvalue weighted by Crippen LogP contribution is 2.25. The van der Waals surface area contributed by atoms with E-state index in [4.69, 9.17) is 0 Å². The number of aryl methyl sites for hydroxylation is 1. The van der Waals surface area contributed by atoms with Crippen molar-refractivity contribution in [3.8, 4) is 0 Å². The highest BCUT2D eigenvalue weighted by Gasteiger charge is 2.21. The van der Waals surface area contributed by atoms with E-state index in [-0.39, 0.29) is 0 Å². The lowest BCUT2D eigenvalue weighted by molar-refractivity contribution is 0.546. The van der Waals surface area contributed by atoms with Crippen molar-refractivity contribution in [1.82, 2.24) is 5.32 Å². The summed E-state index contributed by atoms with van der Waals surface area (Å²) in [6.07, 6.45) is 3.95. The zero-order chi connectivity index (χ0) is 14.5. The third kappa shape index (κ3) is 4.24. The molecule has 0 amide bonds. The molecule has 1 aromatic rings. The van der Waals surface area contributed by atoms with Crippen LogP contribution < -0.4 is 10.2 Å². The van der Waals surface area contributed by atoms with Gasteiger partial charge >= 0.3 is 0 Å². The van der Waals surface area contributed by atoms with Crippen LogP contribution in [0.2, 0.25) is 0 Å². The summed E-state index contributed by atoms with van der Waals surface area (Å²) in [5, 5.41) is 3.66. The quantitative estimate of drug-likeness (QED) is 0.767. The third-order valence-corrected chi connectivity index (χ3v) is 4.34. The smallest absolute Gasteiger partial charge is 0.0412 e. The summed E-state index contributed by atoms with van der Waals surface area (Å²) in [6, 6.07) is 7.68. The maximum absolute atomic E-state index is 3.66. The zero-order valence-electron chi connectivity index (χ0n) is 13.6. The van der Waals surface area contributed by atoms with Crippen LogP contribution in [0.15, 0.2) is 18.2 Å². The number of nitrogens with one attached hydrogen (secondary N) is 1. The molecule has 20 heavy (non-hydrogen) atoms. The predicted octanol–water partition coefficient (Wildman–Crippen LogP) is 4.12. The molecule has 0 aliphatic heterocycles. The van der Waals surface area contributed by atoms with Crippen molar-refractivity contribution in [2.45, 2.75) is 59.5 Å². The van der Waals surface area contributed by atoms with Crippen LogP contribution >= 0.6 is 0 Å². The Morgan fingerprint density at radius 1 is 1.30 bits per heavy atom. The molecule has 1 aromatic carbocycles. The van der Waals surface area contributed by atoms with Crippen LogP contribution in [0.1, 0.15) is 51.2 Å². The lowest BCUT2D eigenvalue weighted by Gasteiger charge is -2.29. The summed E-state index contributed by atoms with van der Waals surface area (Å²) >= 11 is 0. The molecule has 112 valence electrons. The van der Waals surface area contributed by atoms with Crippen LogP contribution in [0.5, 0.6) is 0 Å². The van der Waals surface area contributed by atoms with Crippen molar-refractivity contribution >= 4 is 5.69 Å². The van der Waals surface area contributed by atoms with Crippen LogP contribution in [0.4, 0.5) is 5.69 Å². The van der Waals surface area contributed by atoms with Gasteiger partial charge in [-0.05, 0) is 44.2 Å². The minimum atomic E-state index is 0.750. The Labute approximate surface area is 124 Å². The first-order chi connectivity index (χ1) is 9.63. The highest BCUT2D eigenvalue weighted by molar-refractivity contribution is 5.55. The van der Waals surface area contributed by atoms with Crippen LogP contribution in [-0.2, 0) is 6.54 Å². The van der Waals surface area contributed by atoms with Gasteiger partial charge in [-0.1, -0.05) is 38.0 Å². The van der Waals surface area contributed by atoms with Crippen molar-refractivity contribution in [3.05, 3.63) is 29.3 Å². The van der Waals surface area contributed by atoms with Crippen molar-refractivity contribution in [2.75, 3.05) is 18.0 Å². The minimum absolute atomic E-state index is 0.750. The topological polar surface area (TPSA) is 15.3 Å². The normalized spacial score (nSPS) is 16.2. The summed E-state index contributed by atoms with van der Waals surface area (Å²) in [5.74, 6) is 0.750. The second-order valence-electron chi connectivity index (χ2n) is 6.34. The van der Waals surface area contributed by atoms with Crippen molar-refractivity contribution < 1.29 is 0 Å². The molecule has 1 N–H and O–H groups in total. The zero-order valence-corrected chi connectivity index (χ0v) is 13.6. The fourth-order valence-electron chi connectivity index (χ4n) is 2.61. The van der Waals surface area contributed by atoms with E-state index < -0.39 is 0 Å². The molecule has 0 spiro atoms. The standard InChI is InChI=1S/C18H30N2/c1-5-14(3)13-20(6-2)18-10-7-15(4)11-16(18)12-19-17-8-9-17/h7,10-11,14,17,19H,5-6,8-9,12-13H2,1-4H3. The molecular formula is C18H30N2. The van der Waals surface area contributed by atoms with Gasteiger partial charge < -0.3 is 10.2 Å². The molecular weight excluding hydrogens is 244 g/mol. The van der Waals surface area contributed by atoms with Gasteiger partial charge in [-0.25, -0.2) is 0 Å². The van der Waals surface area contributed by atoms with Gasteiger partial charge in [0.1, 0.15) is 0 Å². The Morgan fingerprint density at radius 2 is 2.05 bits per heavy atom. The largest absolute Gasteiger partial charge is 0.371 e. The van der Waals surface area contributed by atoms with Crippen LogP contribution in [0.3, 0.4) is 0 Å². The molecule has 0 saturated heterocycles. The maximum atomic E-state index is 3.66. The predicted molar refractivity (Wildman–Crippen MR) is 88.4 cm³/mol. The van der Waals surface area contributed by atoms with E-state index in [2.05, 4.69) is 56.1 Å². The minimum Gasteiger partial charge on any atom is -0.371 e. The molecule has 1 saturated carbocycles. The molecule has 1 aliphatic carbocycles. The van der Waals surface area contributed by atoms with Crippen LogP contribution in [0, 0.1) is 12.8 Å². The number of hydrogen-bond acceptors (Lipinski definition) is 2. The van der Waals surface area contributed by atoms with E-state index in [1.807, 2.05) is 0 Å². The lowest BCUT2D eigenvalue weighted by Crippen LogP contribution is -2.30. The molecule has 0 radical (unpaired) electrons. The number of anilines is 1. The van der Waals surface area contributed by atoms with Gasteiger partial charge in [0.2, 0.25) is 0 Å². The molecule has 2 heteroatoms. The van der Waals surface area contributed by atoms with E-state index in [1.165, 1.54) is 36.1 Å². The number of nitrogens with zero attached hydrogens (tertiary/aromatic N) is 1. The Bertz CT molecular complexity index is 423. The van der Waals surface area contributed by atoms with E-state index in [0.29, 0.717) is 0 Å². The van der Waals surface area contributed by atoms with E-state index in [0.717, 1.165) is 31.6 Å². The van der Waals surface area contributed by atoms with Crippen molar-refractivity contribution in [3.63, 3.8) is 0 Å². The van der Waals surface area contributed by atoms with Crippen molar-refractivity contribution in [1.29, 1.82) is 0 Å². The molecule has 2 rings (SSSR count). The van der Waals surface area contributed by atoms with Gasteiger partial charge in [-0.2, -0.15) is 0 Å². The average Bonchev–Trinajstić information content (AvgIpc) is 3.27. The maximum Gasteiger partial charge on any atom is 0.0412 e. The van der Waals surface area contributed by atoms with Crippen molar-refractivity contribution in [2.24, 2.45) is 5.92 Å². The molecule has 0 heterocycles. The molecule has 0 aromatic heterocycles. The first-order valence-electron chi connectivity index (χ1n) is 8.21. The second kappa shape index (κ2) is 7.12. The number of hydrogen-bond donors (Lipinski definition) is 1. The molecule has 0 bridgehead atoms. The SMILES string of the molecule is CCC(C)CN(CC)c1ccc(C)cc1CNC1CC1. The Hall–Kier alpha value is -1.02. The first-order valence-corrected chi connectivity index (χ1v) is 8.21. The second-order valence-corrected chi connectivity index (χ2v) is 6.34. The average molecular weight is 274 g/mol. The van der Waals surface area contributed by atoms with Crippen LogP contribution in [-0.4, -0.2) is 19.1 Å². The van der Waals surface area contributed by atoms with Gasteiger partial charge in [-0.15, -0.1) is 0 Å². The van der Waals surface area contributed by atoms with Gasteiger partial charge in [-0.3, -0.25) is 0 Å². The Balaban J connectivity index is 2.13. The van der Waals surface area contributed by atoms with Gasteiger partial charge in [0.05, 0.1) is 0 Å². The molecule has 1 unspecified atom stereocenters.